The van der Waals surface area contributed by atoms with E-state index >= 15 is 0 Å². The van der Waals surface area contributed by atoms with Crippen LogP contribution in [-0.2, 0) is 4.79 Å². The number of hydrogen-bond acceptors (Lipinski definition) is 3. The van der Waals surface area contributed by atoms with Crippen LogP contribution in [0, 0.1) is 0 Å². The highest BCUT2D eigenvalue weighted by molar-refractivity contribution is 8.01. The largest absolute Gasteiger partial charge is 0.399 e. The van der Waals surface area contributed by atoms with E-state index in [0.29, 0.717) is 10.9 Å². The average molecular weight is 252 g/mol. The molecule has 4 heteroatoms. The van der Waals surface area contributed by atoms with Gasteiger partial charge in [0, 0.05) is 16.6 Å². The zero-order valence-electron chi connectivity index (χ0n) is 10.6. The number of thioether (sulfide) groups is 1. The first kappa shape index (κ1) is 13.9. The number of nitrogens with two attached hydrogens (primary N) is 1. The number of carbonyl (C=O) groups excluding carboxylic acids is 1. The Hall–Kier alpha value is -1.16. The minimum atomic E-state index is -0.0393. The SMILES string of the molecule is CCC(C)SC(C)C(=O)Nc1ccc(N)cc1. The van der Waals surface area contributed by atoms with Gasteiger partial charge in [0.05, 0.1) is 5.25 Å². The van der Waals surface area contributed by atoms with E-state index in [-0.39, 0.29) is 11.2 Å². The Bertz CT molecular complexity index is 364. The number of carbonyl (C=O) groups is 1. The molecule has 2 atom stereocenters. The summed E-state index contributed by atoms with van der Waals surface area (Å²) in [6, 6.07) is 7.19. The zero-order valence-corrected chi connectivity index (χ0v) is 11.4. The molecule has 3 N–H and O–H groups in total. The highest BCUT2D eigenvalue weighted by atomic mass is 32.2. The van der Waals surface area contributed by atoms with Crippen LogP contribution < -0.4 is 11.1 Å². The van der Waals surface area contributed by atoms with Crippen molar-refractivity contribution >= 4 is 29.0 Å². The summed E-state index contributed by atoms with van der Waals surface area (Å²) in [5.74, 6) is 0.0417. The highest BCUT2D eigenvalue weighted by Gasteiger charge is 2.15. The van der Waals surface area contributed by atoms with E-state index in [9.17, 15) is 4.79 Å². The highest BCUT2D eigenvalue weighted by Crippen LogP contribution is 2.21. The predicted octanol–water partition coefficient (Wildman–Crippen LogP) is 3.13. The van der Waals surface area contributed by atoms with Crippen LogP contribution >= 0.6 is 11.8 Å². The lowest BCUT2D eigenvalue weighted by Crippen LogP contribution is -2.24. The van der Waals surface area contributed by atoms with Gasteiger partial charge in [0.15, 0.2) is 0 Å². The minimum absolute atomic E-state index is 0.0393. The van der Waals surface area contributed by atoms with Gasteiger partial charge in [-0.15, -0.1) is 11.8 Å². The molecule has 3 nitrogen and oxygen atoms in total. The van der Waals surface area contributed by atoms with Crippen molar-refractivity contribution in [2.24, 2.45) is 0 Å². The quantitative estimate of drug-likeness (QED) is 0.792. The van der Waals surface area contributed by atoms with Crippen molar-refractivity contribution in [3.63, 3.8) is 0 Å². The van der Waals surface area contributed by atoms with Gasteiger partial charge in [-0.25, -0.2) is 0 Å². The second-order valence-corrected chi connectivity index (χ2v) is 5.89. The first-order chi connectivity index (χ1) is 8.02. The van der Waals surface area contributed by atoms with Gasteiger partial charge in [-0.2, -0.15) is 0 Å². The van der Waals surface area contributed by atoms with Crippen molar-refractivity contribution in [2.75, 3.05) is 11.1 Å². The Balaban J connectivity index is 2.51. The lowest BCUT2D eigenvalue weighted by molar-refractivity contribution is -0.115. The Labute approximate surface area is 107 Å². The zero-order chi connectivity index (χ0) is 12.8. The molecule has 0 saturated heterocycles. The fraction of sp³-hybridized carbons (Fsp3) is 0.462. The molecule has 0 saturated carbocycles. The standard InChI is InChI=1S/C13H20N2OS/c1-4-9(2)17-10(3)13(16)15-12-7-5-11(14)6-8-12/h5-10H,4,14H2,1-3H3,(H,15,16). The van der Waals surface area contributed by atoms with Gasteiger partial charge < -0.3 is 11.1 Å². The fourth-order valence-electron chi connectivity index (χ4n) is 1.32. The van der Waals surface area contributed by atoms with E-state index in [1.807, 2.05) is 19.1 Å². The minimum Gasteiger partial charge on any atom is -0.399 e. The molecule has 0 aliphatic carbocycles. The maximum absolute atomic E-state index is 11.9. The molecule has 17 heavy (non-hydrogen) atoms. The Morgan fingerprint density at radius 2 is 1.94 bits per heavy atom. The molecule has 94 valence electrons. The molecule has 0 spiro atoms. The summed E-state index contributed by atoms with van der Waals surface area (Å²) in [4.78, 5) is 11.9. The van der Waals surface area contributed by atoms with E-state index in [0.717, 1.165) is 12.1 Å². The Morgan fingerprint density at radius 1 is 1.35 bits per heavy atom. The molecule has 1 aromatic carbocycles. The molecule has 1 aromatic rings. The van der Waals surface area contributed by atoms with Gasteiger partial charge in [0.1, 0.15) is 0 Å². The normalized spacial score (nSPS) is 14.1. The smallest absolute Gasteiger partial charge is 0.237 e. The van der Waals surface area contributed by atoms with Crippen LogP contribution in [0.4, 0.5) is 11.4 Å². The van der Waals surface area contributed by atoms with Crippen molar-refractivity contribution in [3.05, 3.63) is 24.3 Å². The molecule has 0 aliphatic rings. The maximum Gasteiger partial charge on any atom is 0.237 e. The molecular weight excluding hydrogens is 232 g/mol. The molecule has 0 bridgehead atoms. The van der Waals surface area contributed by atoms with Gasteiger partial charge in [-0.05, 0) is 37.6 Å². The van der Waals surface area contributed by atoms with E-state index < -0.39 is 0 Å². The number of benzene rings is 1. The first-order valence-electron chi connectivity index (χ1n) is 5.84. The van der Waals surface area contributed by atoms with Crippen LogP contribution in [-0.4, -0.2) is 16.4 Å². The van der Waals surface area contributed by atoms with Crippen molar-refractivity contribution < 1.29 is 4.79 Å². The van der Waals surface area contributed by atoms with E-state index in [2.05, 4.69) is 19.2 Å². The summed E-state index contributed by atoms with van der Waals surface area (Å²) in [6.45, 7) is 6.20. The summed E-state index contributed by atoms with van der Waals surface area (Å²) >= 11 is 1.69. The molecule has 1 amide bonds. The number of hydrogen-bond donors (Lipinski definition) is 2. The molecule has 0 radical (unpaired) electrons. The lowest BCUT2D eigenvalue weighted by Gasteiger charge is -2.15. The van der Waals surface area contributed by atoms with Crippen LogP contribution in [0.1, 0.15) is 27.2 Å². The van der Waals surface area contributed by atoms with Crippen LogP contribution in [0.5, 0.6) is 0 Å². The molecule has 0 heterocycles. The lowest BCUT2D eigenvalue weighted by atomic mass is 10.3. The second-order valence-electron chi connectivity index (χ2n) is 4.11. The van der Waals surface area contributed by atoms with Gasteiger partial charge in [-0.3, -0.25) is 4.79 Å². The van der Waals surface area contributed by atoms with E-state index in [1.165, 1.54) is 0 Å². The molecule has 0 aromatic heterocycles. The maximum atomic E-state index is 11.9. The third-order valence-corrected chi connectivity index (χ3v) is 3.98. The van der Waals surface area contributed by atoms with Gasteiger partial charge in [0.25, 0.3) is 0 Å². The number of amides is 1. The molecular formula is C13H20N2OS. The average Bonchev–Trinajstić information content (AvgIpc) is 2.31. The third-order valence-electron chi connectivity index (χ3n) is 2.56. The summed E-state index contributed by atoms with van der Waals surface area (Å²) < 4.78 is 0. The number of anilines is 2. The summed E-state index contributed by atoms with van der Waals surface area (Å²) in [6.07, 6.45) is 1.07. The van der Waals surface area contributed by atoms with Crippen molar-refractivity contribution in [1.82, 2.24) is 0 Å². The van der Waals surface area contributed by atoms with Crippen LogP contribution in [0.3, 0.4) is 0 Å². The Kier molecular flexibility index (Phi) is 5.35. The van der Waals surface area contributed by atoms with Crippen molar-refractivity contribution in [1.29, 1.82) is 0 Å². The molecule has 2 unspecified atom stereocenters. The third kappa shape index (κ3) is 4.69. The van der Waals surface area contributed by atoms with Crippen molar-refractivity contribution in [2.45, 2.75) is 37.7 Å². The van der Waals surface area contributed by atoms with Crippen molar-refractivity contribution in [3.8, 4) is 0 Å². The Morgan fingerprint density at radius 3 is 2.47 bits per heavy atom. The summed E-state index contributed by atoms with van der Waals surface area (Å²) in [7, 11) is 0. The van der Waals surface area contributed by atoms with Crippen LogP contribution in [0.25, 0.3) is 0 Å². The van der Waals surface area contributed by atoms with Crippen LogP contribution in [0.2, 0.25) is 0 Å². The molecule has 1 rings (SSSR count). The van der Waals surface area contributed by atoms with E-state index in [1.54, 1.807) is 23.9 Å². The summed E-state index contributed by atoms with van der Waals surface area (Å²) in [5.41, 5.74) is 7.08. The number of nitrogens with one attached hydrogen (secondary N) is 1. The molecule has 0 aliphatic heterocycles. The van der Waals surface area contributed by atoms with Crippen LogP contribution in [0.15, 0.2) is 24.3 Å². The van der Waals surface area contributed by atoms with Gasteiger partial charge in [-0.1, -0.05) is 13.8 Å². The topological polar surface area (TPSA) is 55.1 Å². The fourth-order valence-corrected chi connectivity index (χ4v) is 2.39. The summed E-state index contributed by atoms with van der Waals surface area (Å²) in [5, 5.41) is 3.35. The van der Waals surface area contributed by atoms with Gasteiger partial charge in [0.2, 0.25) is 5.91 Å². The van der Waals surface area contributed by atoms with Gasteiger partial charge >= 0.3 is 0 Å². The number of nitrogen functional groups attached to an aromatic ring is 1. The monoisotopic (exact) mass is 252 g/mol. The number of rotatable bonds is 5. The first-order valence-corrected chi connectivity index (χ1v) is 6.79. The molecule has 0 fully saturated rings. The van der Waals surface area contributed by atoms with E-state index in [4.69, 9.17) is 5.73 Å². The second kappa shape index (κ2) is 6.55. The predicted molar refractivity (Wildman–Crippen MR) is 76.3 cm³/mol.